The zero-order valence-electron chi connectivity index (χ0n) is 6.98. The molecule has 1 heterocycles. The average molecular weight is 227 g/mol. The minimum atomic E-state index is -0.149. The van der Waals surface area contributed by atoms with Gasteiger partial charge in [0.2, 0.25) is 0 Å². The van der Waals surface area contributed by atoms with Gasteiger partial charge in [0, 0.05) is 0 Å². The summed E-state index contributed by atoms with van der Waals surface area (Å²) in [4.78, 5) is 0. The maximum absolute atomic E-state index is 13.0. The van der Waals surface area contributed by atoms with Gasteiger partial charge in [-0.25, -0.2) is 4.39 Å². The summed E-state index contributed by atoms with van der Waals surface area (Å²) >= 11 is 9.06. The average Bonchev–Trinajstić information content (AvgIpc) is 2.17. The fourth-order valence-corrected chi connectivity index (χ4v) is 4.13. The van der Waals surface area contributed by atoms with Crippen LogP contribution >= 0.6 is 35.1 Å². The molecule has 0 aliphatic carbocycles. The van der Waals surface area contributed by atoms with Gasteiger partial charge < -0.3 is 0 Å². The molecule has 1 saturated heterocycles. The van der Waals surface area contributed by atoms with Gasteiger partial charge >= 0.3 is 0 Å². The van der Waals surface area contributed by atoms with Crippen molar-refractivity contribution < 1.29 is 4.39 Å². The van der Waals surface area contributed by atoms with E-state index < -0.39 is 0 Å². The zero-order valence-corrected chi connectivity index (χ0v) is 9.37. The second-order valence-corrected chi connectivity index (χ2v) is 5.64. The standard InChI is InChI=1S/C8H12ClFS2/c1-6(7(10)5-9)8-11-3-2-4-12-8/h8H,2-5H2,1H3/b7-6+. The van der Waals surface area contributed by atoms with Gasteiger partial charge in [0.1, 0.15) is 5.83 Å². The Labute approximate surface area is 86.3 Å². The molecule has 70 valence electrons. The van der Waals surface area contributed by atoms with Crippen LogP contribution in [0, 0.1) is 0 Å². The van der Waals surface area contributed by atoms with Crippen LogP contribution in [0.1, 0.15) is 13.3 Å². The Morgan fingerprint density at radius 2 is 2.08 bits per heavy atom. The zero-order chi connectivity index (χ0) is 8.97. The van der Waals surface area contributed by atoms with E-state index in [1.54, 1.807) is 0 Å². The Kier molecular flexibility index (Phi) is 4.84. The summed E-state index contributed by atoms with van der Waals surface area (Å²) in [5.74, 6) is 2.15. The van der Waals surface area contributed by atoms with E-state index in [1.807, 2.05) is 30.4 Å². The molecule has 0 aromatic rings. The Balaban J connectivity index is 2.55. The maximum atomic E-state index is 13.0. The van der Waals surface area contributed by atoms with Crippen molar-refractivity contribution >= 4 is 35.1 Å². The van der Waals surface area contributed by atoms with Gasteiger partial charge in [0.15, 0.2) is 0 Å². The smallest absolute Gasteiger partial charge is 0.116 e. The Bertz CT molecular complexity index is 176. The minimum Gasteiger partial charge on any atom is -0.210 e. The van der Waals surface area contributed by atoms with Crippen LogP contribution in [0.5, 0.6) is 0 Å². The molecular weight excluding hydrogens is 215 g/mol. The van der Waals surface area contributed by atoms with Crippen LogP contribution in [0.25, 0.3) is 0 Å². The third-order valence-corrected chi connectivity index (χ3v) is 5.14. The molecule has 4 heteroatoms. The van der Waals surface area contributed by atoms with Crippen LogP contribution in [-0.2, 0) is 0 Å². The quantitative estimate of drug-likeness (QED) is 0.659. The highest BCUT2D eigenvalue weighted by molar-refractivity contribution is 8.17. The summed E-state index contributed by atoms with van der Waals surface area (Å²) in [6.07, 6.45) is 1.24. The number of halogens is 2. The Morgan fingerprint density at radius 1 is 1.50 bits per heavy atom. The molecule has 1 aliphatic heterocycles. The number of thioether (sulfide) groups is 2. The van der Waals surface area contributed by atoms with Gasteiger partial charge in [-0.15, -0.1) is 35.1 Å². The molecule has 1 fully saturated rings. The molecule has 0 unspecified atom stereocenters. The molecule has 12 heavy (non-hydrogen) atoms. The fourth-order valence-electron chi connectivity index (χ4n) is 0.971. The summed E-state index contributed by atoms with van der Waals surface area (Å²) in [5.41, 5.74) is 0.819. The molecule has 0 aromatic heterocycles. The number of alkyl halides is 1. The number of allylic oxidation sites excluding steroid dienone is 1. The highest BCUT2D eigenvalue weighted by Gasteiger charge is 2.18. The van der Waals surface area contributed by atoms with Crippen molar-refractivity contribution in [3.63, 3.8) is 0 Å². The minimum absolute atomic E-state index is 0.0173. The molecule has 0 bridgehead atoms. The van der Waals surface area contributed by atoms with E-state index in [0.717, 1.165) is 17.1 Å². The van der Waals surface area contributed by atoms with Crippen LogP contribution in [0.4, 0.5) is 4.39 Å². The fraction of sp³-hybridized carbons (Fsp3) is 0.750. The lowest BCUT2D eigenvalue weighted by atomic mass is 10.3. The van der Waals surface area contributed by atoms with Crippen LogP contribution in [-0.4, -0.2) is 22.0 Å². The molecule has 1 rings (SSSR count). The first kappa shape index (κ1) is 10.7. The second kappa shape index (κ2) is 5.40. The first-order valence-electron chi connectivity index (χ1n) is 3.90. The van der Waals surface area contributed by atoms with Gasteiger partial charge in [-0.2, -0.15) is 0 Å². The van der Waals surface area contributed by atoms with Crippen molar-refractivity contribution in [2.75, 3.05) is 17.4 Å². The number of hydrogen-bond acceptors (Lipinski definition) is 2. The lowest BCUT2D eigenvalue weighted by molar-refractivity contribution is 0.629. The Hall–Kier alpha value is 0.660. The summed E-state index contributed by atoms with van der Waals surface area (Å²) in [5, 5.41) is 0. The van der Waals surface area contributed by atoms with E-state index in [9.17, 15) is 4.39 Å². The van der Waals surface area contributed by atoms with Crippen molar-refractivity contribution in [2.24, 2.45) is 0 Å². The number of rotatable bonds is 2. The molecule has 0 atom stereocenters. The van der Waals surface area contributed by atoms with Crippen molar-refractivity contribution in [1.82, 2.24) is 0 Å². The van der Waals surface area contributed by atoms with Gasteiger partial charge in [0.25, 0.3) is 0 Å². The molecule has 0 saturated carbocycles. The van der Waals surface area contributed by atoms with E-state index in [4.69, 9.17) is 11.6 Å². The molecular formula is C8H12ClFS2. The molecule has 1 aliphatic rings. The van der Waals surface area contributed by atoms with Crippen LogP contribution < -0.4 is 0 Å². The summed E-state index contributed by atoms with van der Waals surface area (Å²) in [6, 6.07) is 0. The van der Waals surface area contributed by atoms with Crippen molar-refractivity contribution in [2.45, 2.75) is 17.9 Å². The Morgan fingerprint density at radius 3 is 2.58 bits per heavy atom. The van der Waals surface area contributed by atoms with Gasteiger partial charge in [-0.05, 0) is 30.4 Å². The summed E-state index contributed by atoms with van der Waals surface area (Å²) in [6.45, 7) is 1.84. The monoisotopic (exact) mass is 226 g/mol. The van der Waals surface area contributed by atoms with E-state index in [2.05, 4.69) is 0 Å². The lowest BCUT2D eigenvalue weighted by Crippen LogP contribution is -2.09. The molecule has 0 N–H and O–H groups in total. The van der Waals surface area contributed by atoms with Crippen molar-refractivity contribution in [3.05, 3.63) is 11.4 Å². The van der Waals surface area contributed by atoms with E-state index in [0.29, 0.717) is 4.58 Å². The molecule has 0 nitrogen and oxygen atoms in total. The highest BCUT2D eigenvalue weighted by atomic mass is 35.5. The SMILES string of the molecule is C/C(=C(\F)CCl)C1SCCCS1. The van der Waals surface area contributed by atoms with E-state index in [-0.39, 0.29) is 11.7 Å². The molecule has 0 aromatic carbocycles. The predicted octanol–water partition coefficient (Wildman–Crippen LogP) is 3.66. The van der Waals surface area contributed by atoms with Crippen molar-refractivity contribution in [1.29, 1.82) is 0 Å². The summed E-state index contributed by atoms with van der Waals surface area (Å²) in [7, 11) is 0. The van der Waals surface area contributed by atoms with Crippen LogP contribution in [0.15, 0.2) is 11.4 Å². The van der Waals surface area contributed by atoms with Crippen LogP contribution in [0.2, 0.25) is 0 Å². The third kappa shape index (κ3) is 2.86. The molecule has 0 amide bonds. The van der Waals surface area contributed by atoms with Crippen LogP contribution in [0.3, 0.4) is 0 Å². The second-order valence-electron chi connectivity index (χ2n) is 2.65. The molecule has 0 spiro atoms. The topological polar surface area (TPSA) is 0 Å². The number of hydrogen-bond donors (Lipinski definition) is 0. The largest absolute Gasteiger partial charge is 0.210 e. The first-order chi connectivity index (χ1) is 5.75. The van der Waals surface area contributed by atoms with Gasteiger partial charge in [-0.1, -0.05) is 0 Å². The van der Waals surface area contributed by atoms with E-state index >= 15 is 0 Å². The third-order valence-electron chi connectivity index (χ3n) is 1.73. The lowest BCUT2D eigenvalue weighted by Gasteiger charge is -2.21. The molecule has 0 radical (unpaired) electrons. The predicted molar refractivity (Wildman–Crippen MR) is 57.8 cm³/mol. The van der Waals surface area contributed by atoms with Gasteiger partial charge in [0.05, 0.1) is 10.5 Å². The van der Waals surface area contributed by atoms with Gasteiger partial charge in [-0.3, -0.25) is 0 Å². The maximum Gasteiger partial charge on any atom is 0.116 e. The van der Waals surface area contributed by atoms with Crippen molar-refractivity contribution in [3.8, 4) is 0 Å². The normalized spacial score (nSPS) is 22.2. The first-order valence-corrected chi connectivity index (χ1v) is 6.53. The highest BCUT2D eigenvalue weighted by Crippen LogP contribution is 2.36. The summed E-state index contributed by atoms with van der Waals surface area (Å²) < 4.78 is 13.3. The van der Waals surface area contributed by atoms with E-state index in [1.165, 1.54) is 6.42 Å².